The van der Waals surface area contributed by atoms with Gasteiger partial charge >= 0.3 is 0 Å². The average molecular weight is 344 g/mol. The lowest BCUT2D eigenvalue weighted by Gasteiger charge is -2.58. The van der Waals surface area contributed by atoms with Crippen LogP contribution in [-0.4, -0.2) is 31.2 Å². The van der Waals surface area contributed by atoms with Gasteiger partial charge in [0.1, 0.15) is 0 Å². The van der Waals surface area contributed by atoms with Crippen LogP contribution in [0.3, 0.4) is 0 Å². The minimum absolute atomic E-state index is 0.273. The predicted molar refractivity (Wildman–Crippen MR) is 95.0 cm³/mol. The fraction of sp³-hybridized carbons (Fsp3) is 0.909. The molecule has 0 aromatic carbocycles. The second kappa shape index (κ2) is 4.72. The van der Waals surface area contributed by atoms with E-state index in [0.29, 0.717) is 10.8 Å². The summed E-state index contributed by atoms with van der Waals surface area (Å²) in [5.41, 5.74) is 2.75. The van der Waals surface area contributed by atoms with E-state index in [1.165, 1.54) is 38.5 Å². The van der Waals surface area contributed by atoms with Crippen molar-refractivity contribution in [3.05, 3.63) is 11.6 Å². The van der Waals surface area contributed by atoms with Crippen LogP contribution in [0, 0.1) is 28.6 Å². The van der Waals surface area contributed by atoms with E-state index < -0.39 is 0 Å². The zero-order valence-electron chi connectivity index (χ0n) is 15.8. The van der Waals surface area contributed by atoms with Crippen LogP contribution in [0.15, 0.2) is 11.6 Å². The highest BCUT2D eigenvalue weighted by molar-refractivity contribution is 5.28. The fourth-order valence-corrected chi connectivity index (χ4v) is 8.00. The van der Waals surface area contributed by atoms with Gasteiger partial charge in [0.05, 0.1) is 25.4 Å². The van der Waals surface area contributed by atoms with Crippen LogP contribution in [-0.2, 0) is 14.2 Å². The molecular weight excluding hydrogens is 312 g/mol. The molecule has 3 nitrogen and oxygen atoms in total. The minimum atomic E-state index is -0.277. The van der Waals surface area contributed by atoms with Crippen LogP contribution in [0.4, 0.5) is 0 Å². The molecule has 0 amide bonds. The molecule has 2 aliphatic heterocycles. The Labute approximate surface area is 151 Å². The van der Waals surface area contributed by atoms with Gasteiger partial charge in [0, 0.05) is 18.3 Å². The Morgan fingerprint density at radius 1 is 0.920 bits per heavy atom. The van der Waals surface area contributed by atoms with Crippen molar-refractivity contribution < 1.29 is 14.2 Å². The van der Waals surface area contributed by atoms with Crippen molar-refractivity contribution >= 4 is 0 Å². The Kier molecular flexibility index (Phi) is 2.95. The number of epoxide rings is 1. The molecule has 6 aliphatic rings. The highest BCUT2D eigenvalue weighted by atomic mass is 16.7. The van der Waals surface area contributed by atoms with Gasteiger partial charge in [-0.15, -0.1) is 0 Å². The van der Waals surface area contributed by atoms with Gasteiger partial charge in [-0.2, -0.15) is 0 Å². The molecule has 6 rings (SSSR count). The highest BCUT2D eigenvalue weighted by Gasteiger charge is 2.69. The van der Waals surface area contributed by atoms with E-state index in [0.717, 1.165) is 50.4 Å². The van der Waals surface area contributed by atoms with Crippen molar-refractivity contribution in [2.45, 2.75) is 76.6 Å². The Hall–Kier alpha value is -0.380. The van der Waals surface area contributed by atoms with Gasteiger partial charge in [0.2, 0.25) is 0 Å². The summed E-state index contributed by atoms with van der Waals surface area (Å²) in [4.78, 5) is 0. The molecule has 0 N–H and O–H groups in total. The molecule has 0 unspecified atom stereocenters. The molecule has 25 heavy (non-hydrogen) atoms. The Morgan fingerprint density at radius 2 is 1.68 bits per heavy atom. The van der Waals surface area contributed by atoms with Gasteiger partial charge in [0.15, 0.2) is 5.79 Å². The van der Waals surface area contributed by atoms with Crippen molar-refractivity contribution in [2.24, 2.45) is 28.6 Å². The zero-order chi connectivity index (χ0) is 16.9. The second-order valence-corrected chi connectivity index (χ2v) is 10.3. The Balaban J connectivity index is 1.33. The number of fused-ring (bicyclic) bond motifs is 6. The summed E-state index contributed by atoms with van der Waals surface area (Å²) in [6, 6.07) is 0. The van der Waals surface area contributed by atoms with E-state index in [2.05, 4.69) is 19.9 Å². The Morgan fingerprint density at radius 3 is 2.44 bits per heavy atom. The second-order valence-electron chi connectivity index (χ2n) is 10.3. The number of hydrogen-bond acceptors (Lipinski definition) is 3. The number of hydrogen-bond donors (Lipinski definition) is 0. The van der Waals surface area contributed by atoms with Crippen LogP contribution < -0.4 is 0 Å². The summed E-state index contributed by atoms with van der Waals surface area (Å²) in [7, 11) is 0. The predicted octanol–water partition coefficient (Wildman–Crippen LogP) is 4.46. The van der Waals surface area contributed by atoms with Crippen molar-refractivity contribution in [1.29, 1.82) is 0 Å². The summed E-state index contributed by atoms with van der Waals surface area (Å²) in [6.45, 7) is 7.72. The first-order valence-corrected chi connectivity index (χ1v) is 10.6. The SMILES string of the molecule is C[C@]12CCC3(CC1=CC[C@H]1[C@H]4CC[C@]5(CO5)[C@@]4(C)CC[C@@H]12)OCCO3. The third kappa shape index (κ3) is 1.83. The van der Waals surface area contributed by atoms with Gasteiger partial charge in [-0.05, 0) is 61.7 Å². The molecule has 0 radical (unpaired) electrons. The molecule has 0 aromatic heterocycles. The smallest absolute Gasteiger partial charge is 0.172 e. The van der Waals surface area contributed by atoms with E-state index in [1.54, 1.807) is 5.57 Å². The molecule has 2 saturated heterocycles. The quantitative estimate of drug-likeness (QED) is 0.480. The number of ether oxygens (including phenoxy) is 3. The lowest BCUT2D eigenvalue weighted by Crippen LogP contribution is -2.53. The molecule has 0 bridgehead atoms. The minimum Gasteiger partial charge on any atom is -0.369 e. The summed E-state index contributed by atoms with van der Waals surface area (Å²) in [5, 5.41) is 0. The molecule has 3 heteroatoms. The topological polar surface area (TPSA) is 31.0 Å². The summed E-state index contributed by atoms with van der Waals surface area (Å²) in [6.07, 6.45) is 12.7. The van der Waals surface area contributed by atoms with Crippen LogP contribution in [0.25, 0.3) is 0 Å². The summed E-state index contributed by atoms with van der Waals surface area (Å²) < 4.78 is 18.2. The third-order valence-corrected chi connectivity index (χ3v) is 9.71. The van der Waals surface area contributed by atoms with Crippen molar-refractivity contribution in [3.8, 4) is 0 Å². The van der Waals surface area contributed by atoms with Crippen LogP contribution in [0.5, 0.6) is 0 Å². The molecule has 2 spiro atoms. The zero-order valence-corrected chi connectivity index (χ0v) is 15.8. The van der Waals surface area contributed by atoms with Gasteiger partial charge in [-0.1, -0.05) is 25.5 Å². The first-order valence-electron chi connectivity index (χ1n) is 10.6. The van der Waals surface area contributed by atoms with E-state index in [4.69, 9.17) is 14.2 Å². The number of rotatable bonds is 0. The number of allylic oxidation sites excluding steroid dienone is 1. The molecule has 2 heterocycles. The van der Waals surface area contributed by atoms with Crippen LogP contribution in [0.2, 0.25) is 0 Å². The van der Waals surface area contributed by atoms with Crippen LogP contribution in [0.1, 0.15) is 65.2 Å². The maximum Gasteiger partial charge on any atom is 0.172 e. The third-order valence-electron chi connectivity index (χ3n) is 9.71. The lowest BCUT2D eigenvalue weighted by atomic mass is 9.47. The standard InChI is InChI=1S/C22H32O3/c1-19-9-10-22(23-11-12-24-22)13-15(19)3-4-16-17(19)5-7-20(2)18(16)6-8-21(20)14-25-21/h3,16-18H,4-14H2,1-2H3/t16-,17+,18-,19+,20+,21+/m1/s1. The first kappa shape index (κ1) is 15.7. The molecular formula is C22H32O3. The van der Waals surface area contributed by atoms with Gasteiger partial charge in [-0.25, -0.2) is 0 Å². The highest BCUT2D eigenvalue weighted by Crippen LogP contribution is 2.71. The Bertz CT molecular complexity index is 629. The van der Waals surface area contributed by atoms with E-state index in [-0.39, 0.29) is 11.4 Å². The van der Waals surface area contributed by atoms with E-state index >= 15 is 0 Å². The molecule has 0 aromatic rings. The average Bonchev–Trinajstić information content (AvgIpc) is 3.18. The molecule has 4 aliphatic carbocycles. The van der Waals surface area contributed by atoms with Crippen LogP contribution >= 0.6 is 0 Å². The normalized spacial score (nSPS) is 55.6. The van der Waals surface area contributed by atoms with Crippen molar-refractivity contribution in [3.63, 3.8) is 0 Å². The largest absolute Gasteiger partial charge is 0.369 e. The fourth-order valence-electron chi connectivity index (χ4n) is 8.00. The van der Waals surface area contributed by atoms with Gasteiger partial charge < -0.3 is 14.2 Å². The maximum absolute atomic E-state index is 6.06. The maximum atomic E-state index is 6.06. The van der Waals surface area contributed by atoms with Crippen molar-refractivity contribution in [1.82, 2.24) is 0 Å². The molecule has 5 fully saturated rings. The monoisotopic (exact) mass is 344 g/mol. The molecule has 138 valence electrons. The van der Waals surface area contributed by atoms with Crippen molar-refractivity contribution in [2.75, 3.05) is 19.8 Å². The summed E-state index contributed by atoms with van der Waals surface area (Å²) in [5.74, 6) is 2.33. The van der Waals surface area contributed by atoms with Gasteiger partial charge in [0.25, 0.3) is 0 Å². The molecule has 6 atom stereocenters. The molecule has 3 saturated carbocycles. The lowest BCUT2D eigenvalue weighted by molar-refractivity contribution is -0.185. The van der Waals surface area contributed by atoms with Gasteiger partial charge in [-0.3, -0.25) is 0 Å². The van der Waals surface area contributed by atoms with E-state index in [1.807, 2.05) is 0 Å². The first-order chi connectivity index (χ1) is 12.0. The summed E-state index contributed by atoms with van der Waals surface area (Å²) >= 11 is 0. The van der Waals surface area contributed by atoms with E-state index in [9.17, 15) is 0 Å².